The molecule has 3 aromatic rings. The van der Waals surface area contributed by atoms with Crippen LogP contribution in [0.25, 0.3) is 0 Å². The third-order valence-electron chi connectivity index (χ3n) is 5.82. The van der Waals surface area contributed by atoms with E-state index >= 15 is 0 Å². The number of rotatable bonds is 12. The van der Waals surface area contributed by atoms with Crippen LogP contribution in [0.2, 0.25) is 18.1 Å². The summed E-state index contributed by atoms with van der Waals surface area (Å²) >= 11 is 0. The van der Waals surface area contributed by atoms with Crippen molar-refractivity contribution in [1.29, 1.82) is 0 Å². The van der Waals surface area contributed by atoms with Crippen LogP contribution in [0, 0.1) is 0 Å². The average Bonchev–Trinajstić information content (AvgIpc) is 2.76. The van der Waals surface area contributed by atoms with Gasteiger partial charge in [0, 0.05) is 0 Å². The first-order valence-electron chi connectivity index (χ1n) is 11.1. The molecule has 1 radical (unpaired) electrons. The second-order valence-corrected chi connectivity index (χ2v) is 12.1. The molecule has 0 N–H and O–H groups in total. The van der Waals surface area contributed by atoms with Crippen LogP contribution in [-0.4, -0.2) is 8.32 Å². The van der Waals surface area contributed by atoms with E-state index in [1.807, 2.05) is 0 Å². The van der Waals surface area contributed by atoms with Crippen molar-refractivity contribution in [2.24, 2.45) is 0 Å². The van der Waals surface area contributed by atoms with Crippen molar-refractivity contribution >= 4 is 8.32 Å². The second kappa shape index (κ2) is 11.7. The molecule has 151 valence electrons. The van der Waals surface area contributed by atoms with Gasteiger partial charge in [-0.2, -0.15) is 0 Å². The van der Waals surface area contributed by atoms with Crippen LogP contribution in [0.5, 0.6) is 0 Å². The molecule has 0 aliphatic carbocycles. The summed E-state index contributed by atoms with van der Waals surface area (Å²) in [4.78, 5) is 13.8. The normalized spacial score (nSPS) is 11.5. The van der Waals surface area contributed by atoms with Crippen LogP contribution < -0.4 is 0 Å². The van der Waals surface area contributed by atoms with Gasteiger partial charge in [-0.05, 0) is 73.3 Å². The van der Waals surface area contributed by atoms with Gasteiger partial charge in [-0.25, -0.2) is 0 Å². The Labute approximate surface area is 177 Å². The molecule has 0 saturated carbocycles. The first kappa shape index (κ1) is 21.5. The lowest BCUT2D eigenvalue weighted by Gasteiger charge is -2.23. The molecule has 0 amide bonds. The fraction of sp³-hybridized carbons (Fsp3) is 0.333. The van der Waals surface area contributed by atoms with E-state index in [1.165, 1.54) is 16.7 Å². The van der Waals surface area contributed by atoms with E-state index in [4.69, 9.17) is 0 Å². The third-order valence-corrected chi connectivity index (χ3v) is 9.62. The van der Waals surface area contributed by atoms with E-state index in [9.17, 15) is 4.80 Å². The highest BCUT2D eigenvalue weighted by Gasteiger charge is 2.32. The van der Waals surface area contributed by atoms with Gasteiger partial charge in [-0.3, -0.25) is 4.80 Å². The SMILES string of the molecule is [O][Si](CCCc1ccccc1)(CCCc1ccccc1)CCCc1ccccc1. The number of hydrogen-bond acceptors (Lipinski definition) is 0. The molecule has 0 unspecified atom stereocenters. The van der Waals surface area contributed by atoms with Gasteiger partial charge >= 0.3 is 0 Å². The van der Waals surface area contributed by atoms with Crippen LogP contribution in [0.4, 0.5) is 0 Å². The molecular weight excluding hydrogens is 368 g/mol. The minimum Gasteiger partial charge on any atom is -0.297 e. The van der Waals surface area contributed by atoms with E-state index < -0.39 is 8.32 Å². The zero-order valence-corrected chi connectivity index (χ0v) is 18.4. The van der Waals surface area contributed by atoms with Crippen LogP contribution in [0.1, 0.15) is 36.0 Å². The Morgan fingerprint density at radius 2 is 0.724 bits per heavy atom. The molecule has 0 aromatic heterocycles. The van der Waals surface area contributed by atoms with Gasteiger partial charge in [-0.1, -0.05) is 91.0 Å². The largest absolute Gasteiger partial charge is 0.297 e. The van der Waals surface area contributed by atoms with Gasteiger partial charge in [-0.15, -0.1) is 0 Å². The van der Waals surface area contributed by atoms with Crippen molar-refractivity contribution in [3.63, 3.8) is 0 Å². The molecule has 2 heteroatoms. The summed E-state index contributed by atoms with van der Waals surface area (Å²) in [5.41, 5.74) is 4.08. The Bertz CT molecular complexity index is 691. The molecule has 3 aromatic carbocycles. The Kier molecular flexibility index (Phi) is 8.73. The molecule has 3 rings (SSSR count). The predicted octanol–water partition coefficient (Wildman–Crippen LogP) is 7.26. The third kappa shape index (κ3) is 8.00. The maximum atomic E-state index is 13.8. The van der Waals surface area contributed by atoms with Crippen LogP contribution in [0.3, 0.4) is 0 Å². The summed E-state index contributed by atoms with van der Waals surface area (Å²) in [6.07, 6.45) is 6.23. The lowest BCUT2D eigenvalue weighted by Crippen LogP contribution is -2.32. The second-order valence-electron chi connectivity index (χ2n) is 8.20. The average molecular weight is 402 g/mol. The molecular formula is C27H33OSi. The van der Waals surface area contributed by atoms with Crippen LogP contribution in [-0.2, 0) is 24.1 Å². The van der Waals surface area contributed by atoms with E-state index in [1.54, 1.807) is 0 Å². The lowest BCUT2D eigenvalue weighted by molar-refractivity contribution is 0.403. The predicted molar refractivity (Wildman–Crippen MR) is 125 cm³/mol. The van der Waals surface area contributed by atoms with E-state index in [2.05, 4.69) is 91.0 Å². The molecule has 0 spiro atoms. The highest BCUT2D eigenvalue weighted by molar-refractivity contribution is 6.72. The van der Waals surface area contributed by atoms with Crippen molar-refractivity contribution < 1.29 is 4.80 Å². The first-order valence-corrected chi connectivity index (χ1v) is 13.6. The van der Waals surface area contributed by atoms with E-state index in [0.717, 1.165) is 56.7 Å². The quantitative estimate of drug-likeness (QED) is 0.285. The molecule has 1 nitrogen and oxygen atoms in total. The van der Waals surface area contributed by atoms with Gasteiger partial charge in [0.25, 0.3) is 0 Å². The maximum Gasteiger partial charge on any atom is 0.237 e. The number of aryl methyl sites for hydroxylation is 3. The topological polar surface area (TPSA) is 19.9 Å². The summed E-state index contributed by atoms with van der Waals surface area (Å²) in [6.45, 7) is 0. The van der Waals surface area contributed by atoms with Crippen LogP contribution in [0.15, 0.2) is 91.0 Å². The molecule has 0 fully saturated rings. The first-order chi connectivity index (χ1) is 14.2. The molecule has 0 aliphatic rings. The van der Waals surface area contributed by atoms with Crippen molar-refractivity contribution in [1.82, 2.24) is 0 Å². The van der Waals surface area contributed by atoms with Gasteiger partial charge in [0.2, 0.25) is 8.32 Å². The zero-order chi connectivity index (χ0) is 20.2. The summed E-state index contributed by atoms with van der Waals surface area (Å²) in [7, 11) is -2.46. The maximum absolute atomic E-state index is 13.8. The van der Waals surface area contributed by atoms with E-state index in [-0.39, 0.29) is 0 Å². The summed E-state index contributed by atoms with van der Waals surface area (Å²) in [6, 6.07) is 34.5. The number of benzene rings is 3. The molecule has 0 bridgehead atoms. The Hall–Kier alpha value is -2.16. The van der Waals surface area contributed by atoms with Gasteiger partial charge < -0.3 is 0 Å². The highest BCUT2D eigenvalue weighted by atomic mass is 28.4. The molecule has 0 atom stereocenters. The Morgan fingerprint density at radius 1 is 0.448 bits per heavy atom. The van der Waals surface area contributed by atoms with Gasteiger partial charge in [0.15, 0.2) is 0 Å². The highest BCUT2D eigenvalue weighted by Crippen LogP contribution is 2.27. The fourth-order valence-electron chi connectivity index (χ4n) is 4.15. The molecule has 0 aliphatic heterocycles. The summed E-state index contributed by atoms with van der Waals surface area (Å²) < 4.78 is 0. The summed E-state index contributed by atoms with van der Waals surface area (Å²) in [5.74, 6) is 0. The smallest absolute Gasteiger partial charge is 0.237 e. The van der Waals surface area contributed by atoms with Gasteiger partial charge in [0.1, 0.15) is 0 Å². The summed E-state index contributed by atoms with van der Waals surface area (Å²) in [5, 5.41) is 0. The monoisotopic (exact) mass is 401 g/mol. The molecule has 0 heterocycles. The standard InChI is InChI=1S/C27H33OSi/c28-29(22-10-19-25-13-4-1-5-14-25,23-11-20-26-15-6-2-7-16-26)24-12-21-27-17-8-3-9-18-27/h1-9,13-18H,10-12,19-24H2. The molecule has 29 heavy (non-hydrogen) atoms. The van der Waals surface area contributed by atoms with Gasteiger partial charge in [0.05, 0.1) is 0 Å². The van der Waals surface area contributed by atoms with Crippen molar-refractivity contribution in [3.05, 3.63) is 108 Å². The fourth-order valence-corrected chi connectivity index (χ4v) is 7.37. The van der Waals surface area contributed by atoms with E-state index in [0.29, 0.717) is 0 Å². The lowest BCUT2D eigenvalue weighted by atomic mass is 10.1. The molecule has 0 saturated heterocycles. The van der Waals surface area contributed by atoms with Crippen molar-refractivity contribution in [2.75, 3.05) is 0 Å². The van der Waals surface area contributed by atoms with Crippen molar-refractivity contribution in [3.8, 4) is 0 Å². The van der Waals surface area contributed by atoms with Crippen LogP contribution >= 0.6 is 0 Å². The zero-order valence-electron chi connectivity index (χ0n) is 17.4. The van der Waals surface area contributed by atoms with Crippen molar-refractivity contribution in [2.45, 2.75) is 56.7 Å². The minimum atomic E-state index is -2.46. The Balaban J connectivity index is 1.51. The minimum absolute atomic E-state index is 0.908. The number of hydrogen-bond donors (Lipinski definition) is 0. The Morgan fingerprint density at radius 3 is 1.00 bits per heavy atom.